The second-order valence-electron chi connectivity index (χ2n) is 5.22. The van der Waals surface area contributed by atoms with Gasteiger partial charge in [-0.25, -0.2) is 4.98 Å². The molecule has 1 fully saturated rings. The number of hydrogen-bond acceptors (Lipinski definition) is 6. The van der Waals surface area contributed by atoms with E-state index in [1.54, 1.807) is 7.05 Å². The minimum Gasteiger partial charge on any atom is -0.382 e. The quantitative estimate of drug-likeness (QED) is 0.764. The van der Waals surface area contributed by atoms with E-state index in [9.17, 15) is 4.79 Å². The summed E-state index contributed by atoms with van der Waals surface area (Å²) in [5.41, 5.74) is 5.77. The van der Waals surface area contributed by atoms with Crippen LogP contribution in [0.15, 0.2) is 0 Å². The van der Waals surface area contributed by atoms with Crippen molar-refractivity contribution in [3.8, 4) is 0 Å². The third-order valence-electron chi connectivity index (χ3n) is 3.43. The van der Waals surface area contributed by atoms with E-state index in [1.807, 2.05) is 6.92 Å². The molecule has 1 aromatic heterocycles. The van der Waals surface area contributed by atoms with E-state index in [1.165, 1.54) is 30.6 Å². The van der Waals surface area contributed by atoms with E-state index in [4.69, 9.17) is 5.73 Å². The van der Waals surface area contributed by atoms with Gasteiger partial charge in [0, 0.05) is 19.6 Å². The van der Waals surface area contributed by atoms with Crippen LogP contribution in [0.3, 0.4) is 0 Å². The topological polar surface area (TPSA) is 83.3 Å². The van der Waals surface area contributed by atoms with Crippen molar-refractivity contribution < 1.29 is 4.79 Å². The van der Waals surface area contributed by atoms with Gasteiger partial charge >= 0.3 is 0 Å². The fraction of sp³-hybridized carbons (Fsp3) is 0.692. The first-order valence-corrected chi connectivity index (χ1v) is 7.89. The van der Waals surface area contributed by atoms with Gasteiger partial charge in [-0.05, 0) is 32.9 Å². The van der Waals surface area contributed by atoms with E-state index in [0.717, 1.165) is 19.6 Å². The molecule has 2 rings (SSSR count). The van der Waals surface area contributed by atoms with Crippen LogP contribution in [0.2, 0.25) is 0 Å². The van der Waals surface area contributed by atoms with Crippen molar-refractivity contribution in [1.29, 1.82) is 0 Å². The van der Waals surface area contributed by atoms with Crippen molar-refractivity contribution in [3.05, 3.63) is 4.88 Å². The number of hydrogen-bond donors (Lipinski definition) is 3. The number of aromatic nitrogens is 1. The summed E-state index contributed by atoms with van der Waals surface area (Å²) < 4.78 is 0. The van der Waals surface area contributed by atoms with Crippen molar-refractivity contribution in [1.82, 2.24) is 15.2 Å². The van der Waals surface area contributed by atoms with Crippen LogP contribution in [0.1, 0.15) is 35.9 Å². The molecular weight excluding hydrogens is 274 g/mol. The van der Waals surface area contributed by atoms with E-state index >= 15 is 0 Å². The molecule has 0 bridgehead atoms. The summed E-state index contributed by atoms with van der Waals surface area (Å²) in [6.45, 7) is 5.19. The molecular formula is C13H23N5OS. The second kappa shape index (κ2) is 6.90. The van der Waals surface area contributed by atoms with Gasteiger partial charge in [0.05, 0.1) is 0 Å². The van der Waals surface area contributed by atoms with E-state index in [-0.39, 0.29) is 11.9 Å². The SMILES string of the molecule is CNc1nc(N)c(C(=O)NC(C)CN2CCCCC2)s1. The van der Waals surface area contributed by atoms with Crippen molar-refractivity contribution in [3.63, 3.8) is 0 Å². The summed E-state index contributed by atoms with van der Waals surface area (Å²) in [5, 5.41) is 6.57. The fourth-order valence-electron chi connectivity index (χ4n) is 2.47. The van der Waals surface area contributed by atoms with E-state index in [2.05, 4.69) is 20.5 Å². The highest BCUT2D eigenvalue weighted by molar-refractivity contribution is 7.18. The van der Waals surface area contributed by atoms with Crippen LogP contribution in [-0.4, -0.2) is 48.5 Å². The van der Waals surface area contributed by atoms with Gasteiger partial charge in [0.15, 0.2) is 5.13 Å². The first-order valence-electron chi connectivity index (χ1n) is 7.07. The van der Waals surface area contributed by atoms with Crippen LogP contribution in [0.5, 0.6) is 0 Å². The average molecular weight is 297 g/mol. The number of carbonyl (C=O) groups is 1. The van der Waals surface area contributed by atoms with E-state index < -0.39 is 0 Å². The number of nitrogens with zero attached hydrogens (tertiary/aromatic N) is 2. The summed E-state index contributed by atoms with van der Waals surface area (Å²) in [5.74, 6) is 0.160. The number of anilines is 2. The zero-order valence-corrected chi connectivity index (χ0v) is 12.9. The second-order valence-corrected chi connectivity index (χ2v) is 6.22. The van der Waals surface area contributed by atoms with Crippen LogP contribution in [0.4, 0.5) is 10.9 Å². The zero-order chi connectivity index (χ0) is 14.5. The Morgan fingerprint density at radius 3 is 2.75 bits per heavy atom. The molecule has 112 valence electrons. The van der Waals surface area contributed by atoms with Crippen LogP contribution in [0, 0.1) is 0 Å². The molecule has 0 saturated carbocycles. The molecule has 1 aliphatic rings. The Morgan fingerprint density at radius 1 is 1.45 bits per heavy atom. The van der Waals surface area contributed by atoms with Crippen molar-refractivity contribution in [2.24, 2.45) is 0 Å². The van der Waals surface area contributed by atoms with Gasteiger partial charge in [-0.2, -0.15) is 0 Å². The third kappa shape index (κ3) is 3.83. The van der Waals surface area contributed by atoms with Gasteiger partial charge in [0.25, 0.3) is 5.91 Å². The number of piperidine rings is 1. The highest BCUT2D eigenvalue weighted by Crippen LogP contribution is 2.24. The van der Waals surface area contributed by atoms with Crippen molar-refractivity contribution in [2.45, 2.75) is 32.2 Å². The molecule has 1 aliphatic heterocycles. The van der Waals surface area contributed by atoms with Gasteiger partial charge in [-0.15, -0.1) is 0 Å². The van der Waals surface area contributed by atoms with Crippen LogP contribution < -0.4 is 16.4 Å². The predicted molar refractivity (Wildman–Crippen MR) is 83.3 cm³/mol. The summed E-state index contributed by atoms with van der Waals surface area (Å²) in [6, 6.07) is 0.111. The lowest BCUT2D eigenvalue weighted by atomic mass is 10.1. The normalized spacial score (nSPS) is 17.7. The number of nitrogens with two attached hydrogens (primary N) is 1. The van der Waals surface area contributed by atoms with Gasteiger partial charge < -0.3 is 21.3 Å². The number of likely N-dealkylation sites (tertiary alicyclic amines) is 1. The summed E-state index contributed by atoms with van der Waals surface area (Å²) >= 11 is 1.28. The lowest BCUT2D eigenvalue weighted by Gasteiger charge is -2.29. The molecule has 7 heteroatoms. The Bertz CT molecular complexity index is 456. The Morgan fingerprint density at radius 2 is 2.15 bits per heavy atom. The highest BCUT2D eigenvalue weighted by atomic mass is 32.1. The molecule has 0 aromatic carbocycles. The molecule has 0 aliphatic carbocycles. The molecule has 2 heterocycles. The number of nitrogen functional groups attached to an aromatic ring is 1. The lowest BCUT2D eigenvalue weighted by molar-refractivity contribution is 0.0930. The monoisotopic (exact) mass is 297 g/mol. The molecule has 1 unspecified atom stereocenters. The first kappa shape index (κ1) is 15.1. The lowest BCUT2D eigenvalue weighted by Crippen LogP contribution is -2.43. The molecule has 1 aromatic rings. The molecule has 6 nitrogen and oxygen atoms in total. The summed E-state index contributed by atoms with van der Waals surface area (Å²) in [7, 11) is 1.76. The van der Waals surface area contributed by atoms with Gasteiger partial charge in [-0.3, -0.25) is 4.79 Å². The minimum absolute atomic E-state index is 0.111. The fourth-order valence-corrected chi connectivity index (χ4v) is 3.21. The maximum atomic E-state index is 12.2. The Labute approximate surface area is 123 Å². The van der Waals surface area contributed by atoms with Crippen molar-refractivity contribution >= 4 is 28.2 Å². The van der Waals surface area contributed by atoms with Crippen LogP contribution in [-0.2, 0) is 0 Å². The highest BCUT2D eigenvalue weighted by Gasteiger charge is 2.19. The van der Waals surface area contributed by atoms with Crippen LogP contribution in [0.25, 0.3) is 0 Å². The van der Waals surface area contributed by atoms with Crippen molar-refractivity contribution in [2.75, 3.05) is 37.7 Å². The maximum absolute atomic E-state index is 12.2. The number of rotatable bonds is 5. The zero-order valence-electron chi connectivity index (χ0n) is 12.1. The molecule has 0 spiro atoms. The molecule has 4 N–H and O–H groups in total. The molecule has 20 heavy (non-hydrogen) atoms. The smallest absolute Gasteiger partial charge is 0.265 e. The number of carbonyl (C=O) groups excluding carboxylic acids is 1. The number of amides is 1. The van der Waals surface area contributed by atoms with Gasteiger partial charge in [-0.1, -0.05) is 17.8 Å². The molecule has 1 amide bonds. The molecule has 0 radical (unpaired) electrons. The minimum atomic E-state index is -0.133. The summed E-state index contributed by atoms with van der Waals surface area (Å²) in [4.78, 5) is 19.2. The maximum Gasteiger partial charge on any atom is 0.265 e. The molecule has 1 atom stereocenters. The van der Waals surface area contributed by atoms with Gasteiger partial charge in [0.2, 0.25) is 0 Å². The standard InChI is InChI=1S/C13H23N5OS/c1-9(8-18-6-4-3-5-7-18)16-12(19)10-11(14)17-13(15-2)20-10/h9H,3-8,14H2,1-2H3,(H,15,17)(H,16,19). The number of thiazole rings is 1. The van der Waals surface area contributed by atoms with Crippen LogP contribution >= 0.6 is 11.3 Å². The average Bonchev–Trinajstić information content (AvgIpc) is 2.81. The Balaban J connectivity index is 1.87. The Hall–Kier alpha value is -1.34. The van der Waals surface area contributed by atoms with E-state index in [0.29, 0.717) is 15.8 Å². The Kier molecular flexibility index (Phi) is 5.19. The number of nitrogens with one attached hydrogen (secondary N) is 2. The molecule has 1 saturated heterocycles. The summed E-state index contributed by atoms with van der Waals surface area (Å²) in [6.07, 6.45) is 3.84. The third-order valence-corrected chi connectivity index (χ3v) is 4.52. The first-order chi connectivity index (χ1) is 9.60. The largest absolute Gasteiger partial charge is 0.382 e. The predicted octanol–water partition coefficient (Wildman–Crippen LogP) is 1.37. The van der Waals surface area contributed by atoms with Gasteiger partial charge in [0.1, 0.15) is 10.7 Å².